The monoisotopic (exact) mass is 373 g/mol. The first-order chi connectivity index (χ1) is 12.2. The molecule has 1 aromatic rings. The van der Waals surface area contributed by atoms with E-state index in [1.54, 1.807) is 13.0 Å². The van der Waals surface area contributed by atoms with Gasteiger partial charge in [-0.2, -0.15) is 0 Å². The molecule has 0 saturated carbocycles. The van der Waals surface area contributed by atoms with Gasteiger partial charge in [0.2, 0.25) is 0 Å². The third kappa shape index (κ3) is 3.35. The molecule has 0 aromatic heterocycles. The number of Topliss-reactive ketones (excluding diaryl/α,β-unsaturated/α-hetero) is 1. The van der Waals surface area contributed by atoms with Crippen molar-refractivity contribution in [1.29, 1.82) is 0 Å². The third-order valence-corrected chi connectivity index (χ3v) is 5.43. The van der Waals surface area contributed by atoms with Crippen LogP contribution in [0.4, 0.5) is 0 Å². The number of carbonyl (C=O) groups excluding carboxylic acids is 2. The molecule has 138 valence electrons. The second-order valence-corrected chi connectivity index (χ2v) is 8.19. The first-order valence-electron chi connectivity index (χ1n) is 8.97. The molecule has 1 aliphatic heterocycles. The van der Waals surface area contributed by atoms with Crippen LogP contribution in [0.1, 0.15) is 52.0 Å². The molecular weight excluding hydrogens is 350 g/mol. The van der Waals surface area contributed by atoms with E-state index in [1.807, 2.05) is 25.1 Å². The number of ketones is 1. The number of hydrogen-bond donors (Lipinski definition) is 0. The van der Waals surface area contributed by atoms with E-state index in [-0.39, 0.29) is 23.8 Å². The molecule has 1 heterocycles. The van der Waals surface area contributed by atoms with Crippen molar-refractivity contribution < 1.29 is 14.3 Å². The van der Waals surface area contributed by atoms with E-state index in [4.69, 9.17) is 16.3 Å². The van der Waals surface area contributed by atoms with Crippen molar-refractivity contribution in [2.45, 2.75) is 46.5 Å². The number of hydrogen-bond acceptors (Lipinski definition) is 4. The van der Waals surface area contributed by atoms with Crippen molar-refractivity contribution in [2.75, 3.05) is 6.61 Å². The first kappa shape index (κ1) is 18.8. The van der Waals surface area contributed by atoms with E-state index in [0.29, 0.717) is 29.1 Å². The summed E-state index contributed by atoms with van der Waals surface area (Å²) in [5.74, 6) is -1.38. The molecule has 2 aliphatic rings. The van der Waals surface area contributed by atoms with Crippen LogP contribution in [0.5, 0.6) is 0 Å². The maximum atomic E-state index is 13.0. The van der Waals surface area contributed by atoms with Gasteiger partial charge in [0, 0.05) is 34.3 Å². The summed E-state index contributed by atoms with van der Waals surface area (Å²) in [5.41, 5.74) is 2.73. The van der Waals surface area contributed by atoms with Gasteiger partial charge in [0.05, 0.1) is 6.61 Å². The summed E-state index contributed by atoms with van der Waals surface area (Å²) in [6, 6.07) is 7.39. The molecule has 0 radical (unpaired) electrons. The quantitative estimate of drug-likeness (QED) is 0.720. The van der Waals surface area contributed by atoms with E-state index in [0.717, 1.165) is 11.3 Å². The van der Waals surface area contributed by atoms with Crippen LogP contribution < -0.4 is 0 Å². The zero-order valence-corrected chi connectivity index (χ0v) is 16.4. The van der Waals surface area contributed by atoms with Crippen molar-refractivity contribution in [3.63, 3.8) is 0 Å². The Morgan fingerprint density at radius 3 is 2.65 bits per heavy atom. The molecule has 1 unspecified atom stereocenters. The van der Waals surface area contributed by atoms with E-state index in [9.17, 15) is 9.59 Å². The molecule has 0 amide bonds. The second kappa shape index (κ2) is 6.99. The minimum absolute atomic E-state index is 0.0479. The lowest BCUT2D eigenvalue weighted by molar-refractivity contribution is -0.146. The number of esters is 1. The highest BCUT2D eigenvalue weighted by molar-refractivity contribution is 6.31. The van der Waals surface area contributed by atoms with Crippen LogP contribution in [-0.2, 0) is 14.3 Å². The largest absolute Gasteiger partial charge is 0.465 e. The highest BCUT2D eigenvalue weighted by Crippen LogP contribution is 2.48. The van der Waals surface area contributed by atoms with Crippen molar-refractivity contribution in [3.8, 4) is 0 Å². The van der Waals surface area contributed by atoms with Crippen LogP contribution in [0.15, 0.2) is 40.5 Å². The van der Waals surface area contributed by atoms with Gasteiger partial charge < -0.3 is 4.74 Å². The van der Waals surface area contributed by atoms with Crippen LogP contribution in [0.3, 0.4) is 0 Å². The maximum absolute atomic E-state index is 13.0. The number of halogens is 1. The Kier molecular flexibility index (Phi) is 5.07. The van der Waals surface area contributed by atoms with Crippen molar-refractivity contribution in [1.82, 2.24) is 0 Å². The number of aliphatic imine (C=N–C) groups is 1. The Morgan fingerprint density at radius 2 is 2.00 bits per heavy atom. The van der Waals surface area contributed by atoms with E-state index in [2.05, 4.69) is 18.8 Å². The van der Waals surface area contributed by atoms with Crippen LogP contribution >= 0.6 is 11.6 Å². The highest BCUT2D eigenvalue weighted by Gasteiger charge is 2.46. The Bertz CT molecular complexity index is 822. The molecule has 3 rings (SSSR count). The lowest BCUT2D eigenvalue weighted by atomic mass is 9.67. The molecule has 0 fully saturated rings. The SMILES string of the molecule is CCOC(=O)C1C(C)=NC2=C(C(=O)CC(C)(C)C2)[C@H]1c1ccccc1Cl. The number of allylic oxidation sites excluding steroid dienone is 2. The van der Waals surface area contributed by atoms with E-state index >= 15 is 0 Å². The molecule has 1 aromatic carbocycles. The van der Waals surface area contributed by atoms with E-state index < -0.39 is 11.8 Å². The minimum atomic E-state index is -0.626. The molecule has 4 nitrogen and oxygen atoms in total. The number of ether oxygens (including phenoxy) is 1. The third-order valence-electron chi connectivity index (χ3n) is 5.08. The molecule has 2 atom stereocenters. The van der Waals surface area contributed by atoms with Gasteiger partial charge in [0.1, 0.15) is 5.92 Å². The van der Waals surface area contributed by atoms with Crippen molar-refractivity contribution >= 4 is 29.1 Å². The fourth-order valence-corrected chi connectivity index (χ4v) is 4.30. The van der Waals surface area contributed by atoms with Gasteiger partial charge >= 0.3 is 5.97 Å². The Labute approximate surface area is 159 Å². The van der Waals surface area contributed by atoms with Gasteiger partial charge in [-0.3, -0.25) is 14.6 Å². The zero-order valence-electron chi connectivity index (χ0n) is 15.6. The maximum Gasteiger partial charge on any atom is 0.315 e. The molecule has 0 N–H and O–H groups in total. The zero-order chi connectivity index (χ0) is 19.1. The Morgan fingerprint density at radius 1 is 1.31 bits per heavy atom. The summed E-state index contributed by atoms with van der Waals surface area (Å²) in [6.07, 6.45) is 1.15. The molecular formula is C21H24ClNO3. The summed E-state index contributed by atoms with van der Waals surface area (Å²) in [7, 11) is 0. The van der Waals surface area contributed by atoms with Gasteiger partial charge in [-0.1, -0.05) is 43.6 Å². The standard InChI is InChI=1S/C21H24ClNO3/c1-5-26-20(25)17-12(2)23-15-10-21(3,4)11-16(24)19(15)18(17)13-8-6-7-9-14(13)22/h6-9,17-18H,5,10-11H2,1-4H3/t17?,18-/m0/s1. The molecule has 0 spiro atoms. The van der Waals surface area contributed by atoms with Crippen molar-refractivity contribution in [2.24, 2.45) is 16.3 Å². The molecule has 26 heavy (non-hydrogen) atoms. The van der Waals surface area contributed by atoms with Gasteiger partial charge in [-0.15, -0.1) is 0 Å². The van der Waals surface area contributed by atoms with Gasteiger partial charge in [0.15, 0.2) is 5.78 Å². The second-order valence-electron chi connectivity index (χ2n) is 7.78. The van der Waals surface area contributed by atoms with Gasteiger partial charge in [0.25, 0.3) is 0 Å². The smallest absolute Gasteiger partial charge is 0.315 e. The molecule has 5 heteroatoms. The van der Waals surface area contributed by atoms with E-state index in [1.165, 1.54) is 0 Å². The normalized spacial score (nSPS) is 24.8. The highest BCUT2D eigenvalue weighted by atomic mass is 35.5. The van der Waals surface area contributed by atoms with Crippen LogP contribution in [-0.4, -0.2) is 24.1 Å². The number of benzene rings is 1. The lowest BCUT2D eigenvalue weighted by Crippen LogP contribution is -2.39. The number of rotatable bonds is 3. The fourth-order valence-electron chi connectivity index (χ4n) is 4.05. The minimum Gasteiger partial charge on any atom is -0.465 e. The average molecular weight is 374 g/mol. The summed E-state index contributed by atoms with van der Waals surface area (Å²) < 4.78 is 5.30. The summed E-state index contributed by atoms with van der Waals surface area (Å²) >= 11 is 6.46. The molecule has 1 aliphatic carbocycles. The van der Waals surface area contributed by atoms with Gasteiger partial charge in [-0.05, 0) is 37.3 Å². The fraction of sp³-hybridized carbons (Fsp3) is 0.476. The first-order valence-corrected chi connectivity index (χ1v) is 9.35. The van der Waals surface area contributed by atoms with Gasteiger partial charge in [-0.25, -0.2) is 0 Å². The van der Waals surface area contributed by atoms with Crippen LogP contribution in [0.25, 0.3) is 0 Å². The van der Waals surface area contributed by atoms with Crippen LogP contribution in [0.2, 0.25) is 5.02 Å². The Hall–Kier alpha value is -1.94. The number of carbonyl (C=O) groups is 2. The topological polar surface area (TPSA) is 55.7 Å². The average Bonchev–Trinajstić information content (AvgIpc) is 2.53. The predicted octanol–water partition coefficient (Wildman–Crippen LogP) is 4.72. The summed E-state index contributed by atoms with van der Waals surface area (Å²) in [5, 5.41) is 0.547. The summed E-state index contributed by atoms with van der Waals surface area (Å²) in [6.45, 7) is 8.03. The van der Waals surface area contributed by atoms with Crippen molar-refractivity contribution in [3.05, 3.63) is 46.1 Å². The lowest BCUT2D eigenvalue weighted by Gasteiger charge is -2.39. The molecule has 0 bridgehead atoms. The summed E-state index contributed by atoms with van der Waals surface area (Å²) in [4.78, 5) is 30.5. The van der Waals surface area contributed by atoms with Crippen LogP contribution in [0, 0.1) is 11.3 Å². The molecule has 0 saturated heterocycles. The predicted molar refractivity (Wildman–Crippen MR) is 102 cm³/mol. The Balaban J connectivity index is 2.20. The number of nitrogens with zero attached hydrogens (tertiary/aromatic N) is 1.